The summed E-state index contributed by atoms with van der Waals surface area (Å²) in [6.45, 7) is 1.81. The second-order valence-electron chi connectivity index (χ2n) is 3.62. The maximum Gasteiger partial charge on any atom is 0.275 e. The van der Waals surface area contributed by atoms with Crippen LogP contribution in [0.5, 0.6) is 0 Å². The molecule has 2 aromatic rings. The Balaban J connectivity index is 2.18. The van der Waals surface area contributed by atoms with Crippen molar-refractivity contribution >= 4 is 39.1 Å². The maximum absolute atomic E-state index is 11.9. The molecule has 0 bridgehead atoms. The lowest BCUT2D eigenvalue weighted by molar-refractivity contribution is 0.102. The molecule has 1 N–H and O–H groups in total. The van der Waals surface area contributed by atoms with Gasteiger partial charge in [-0.25, -0.2) is 4.98 Å². The first-order chi connectivity index (χ1) is 8.56. The summed E-state index contributed by atoms with van der Waals surface area (Å²) in [6.07, 6.45) is 2.97. The Bertz CT molecular complexity index is 586. The second-order valence-corrected chi connectivity index (χ2v) is 4.94. The number of hydrogen-bond acceptors (Lipinski definition) is 3. The normalized spacial score (nSPS) is 10.2. The van der Waals surface area contributed by atoms with Gasteiger partial charge >= 0.3 is 0 Å². The Kier molecular flexibility index (Phi) is 3.93. The average Bonchev–Trinajstić information content (AvgIpc) is 2.33. The Morgan fingerprint density at radius 3 is 2.72 bits per heavy atom. The fraction of sp³-hybridized carbons (Fsp3) is 0.0833. The number of nitrogens with zero attached hydrogens (tertiary/aromatic N) is 2. The van der Waals surface area contributed by atoms with E-state index in [4.69, 9.17) is 11.6 Å². The number of hydrogen-bond donors (Lipinski definition) is 1. The number of aryl methyl sites for hydroxylation is 1. The van der Waals surface area contributed by atoms with E-state index in [2.05, 4.69) is 31.2 Å². The number of anilines is 1. The molecule has 0 unspecified atom stereocenters. The van der Waals surface area contributed by atoms with Gasteiger partial charge in [0.15, 0.2) is 0 Å². The van der Waals surface area contributed by atoms with E-state index in [1.807, 2.05) is 0 Å². The first-order valence-corrected chi connectivity index (χ1v) is 6.28. The molecule has 18 heavy (non-hydrogen) atoms. The van der Waals surface area contributed by atoms with Crippen molar-refractivity contribution in [3.63, 3.8) is 0 Å². The smallest absolute Gasteiger partial charge is 0.275 e. The van der Waals surface area contributed by atoms with Crippen molar-refractivity contribution in [3.8, 4) is 0 Å². The van der Waals surface area contributed by atoms with E-state index in [0.717, 1.165) is 10.2 Å². The molecule has 2 rings (SSSR count). The Morgan fingerprint density at radius 1 is 1.33 bits per heavy atom. The minimum Gasteiger partial charge on any atom is -0.319 e. The van der Waals surface area contributed by atoms with E-state index in [1.54, 1.807) is 25.1 Å². The average molecular weight is 327 g/mol. The van der Waals surface area contributed by atoms with Crippen molar-refractivity contribution in [2.75, 3.05) is 5.32 Å². The molecule has 0 radical (unpaired) electrons. The topological polar surface area (TPSA) is 54.9 Å². The van der Waals surface area contributed by atoms with Crippen LogP contribution in [0.25, 0.3) is 0 Å². The van der Waals surface area contributed by atoms with Crippen LogP contribution in [-0.4, -0.2) is 15.9 Å². The van der Waals surface area contributed by atoms with Gasteiger partial charge < -0.3 is 5.32 Å². The summed E-state index contributed by atoms with van der Waals surface area (Å²) in [7, 11) is 0. The SMILES string of the molecule is Cc1cnc(C(=O)Nc2ccc(Br)cc2Cl)cn1. The summed E-state index contributed by atoms with van der Waals surface area (Å²) in [5.74, 6) is -0.341. The molecule has 0 fully saturated rings. The number of aromatic nitrogens is 2. The van der Waals surface area contributed by atoms with Crippen molar-refractivity contribution < 1.29 is 4.79 Å². The largest absolute Gasteiger partial charge is 0.319 e. The van der Waals surface area contributed by atoms with Crippen molar-refractivity contribution in [2.24, 2.45) is 0 Å². The molecule has 4 nitrogen and oxygen atoms in total. The fourth-order valence-corrected chi connectivity index (χ4v) is 2.01. The summed E-state index contributed by atoms with van der Waals surface area (Å²) < 4.78 is 0.848. The molecule has 0 spiro atoms. The summed E-state index contributed by atoms with van der Waals surface area (Å²) in [6, 6.07) is 5.21. The van der Waals surface area contributed by atoms with Crippen LogP contribution in [0.1, 0.15) is 16.2 Å². The fourth-order valence-electron chi connectivity index (χ4n) is 1.29. The molecule has 0 aliphatic heterocycles. The molecule has 1 amide bonds. The Morgan fingerprint density at radius 2 is 2.11 bits per heavy atom. The lowest BCUT2D eigenvalue weighted by Gasteiger charge is -2.06. The predicted molar refractivity (Wildman–Crippen MR) is 73.9 cm³/mol. The number of nitrogens with one attached hydrogen (secondary N) is 1. The monoisotopic (exact) mass is 325 g/mol. The van der Waals surface area contributed by atoms with Gasteiger partial charge in [-0.2, -0.15) is 0 Å². The highest BCUT2D eigenvalue weighted by molar-refractivity contribution is 9.10. The van der Waals surface area contributed by atoms with Crippen LogP contribution in [0, 0.1) is 6.92 Å². The summed E-state index contributed by atoms with van der Waals surface area (Å²) in [5, 5.41) is 3.14. The van der Waals surface area contributed by atoms with E-state index in [0.29, 0.717) is 10.7 Å². The lowest BCUT2D eigenvalue weighted by Crippen LogP contribution is -2.14. The van der Waals surface area contributed by atoms with E-state index in [1.165, 1.54) is 12.4 Å². The molecule has 0 saturated carbocycles. The van der Waals surface area contributed by atoms with Gasteiger partial charge in [0.1, 0.15) is 5.69 Å². The molecule has 0 saturated heterocycles. The van der Waals surface area contributed by atoms with E-state index in [9.17, 15) is 4.79 Å². The van der Waals surface area contributed by atoms with Crippen molar-refractivity contribution in [1.29, 1.82) is 0 Å². The first-order valence-electron chi connectivity index (χ1n) is 5.11. The molecule has 6 heteroatoms. The minimum atomic E-state index is -0.341. The third-order valence-corrected chi connectivity index (χ3v) is 3.00. The summed E-state index contributed by atoms with van der Waals surface area (Å²) in [5.41, 5.74) is 1.54. The van der Waals surface area contributed by atoms with Crippen molar-refractivity contribution in [2.45, 2.75) is 6.92 Å². The van der Waals surface area contributed by atoms with Gasteiger partial charge in [-0.15, -0.1) is 0 Å². The molecule has 1 aromatic heterocycles. The van der Waals surface area contributed by atoms with Gasteiger partial charge in [0, 0.05) is 10.7 Å². The van der Waals surface area contributed by atoms with E-state index >= 15 is 0 Å². The zero-order valence-electron chi connectivity index (χ0n) is 9.45. The van der Waals surface area contributed by atoms with Crippen LogP contribution in [-0.2, 0) is 0 Å². The molecule has 92 valence electrons. The number of benzene rings is 1. The first kappa shape index (κ1) is 13.0. The number of rotatable bonds is 2. The highest BCUT2D eigenvalue weighted by atomic mass is 79.9. The minimum absolute atomic E-state index is 0.250. The molecule has 1 heterocycles. The molecule has 0 atom stereocenters. The summed E-state index contributed by atoms with van der Waals surface area (Å²) >= 11 is 9.30. The van der Waals surface area contributed by atoms with E-state index in [-0.39, 0.29) is 11.6 Å². The van der Waals surface area contributed by atoms with Crippen molar-refractivity contribution in [3.05, 3.63) is 51.5 Å². The molecule has 0 aliphatic carbocycles. The third kappa shape index (κ3) is 3.05. The lowest BCUT2D eigenvalue weighted by atomic mass is 10.3. The predicted octanol–water partition coefficient (Wildman–Crippen LogP) is 3.45. The zero-order valence-corrected chi connectivity index (χ0v) is 11.8. The Labute approximate surface area is 118 Å². The van der Waals surface area contributed by atoms with Crippen molar-refractivity contribution in [1.82, 2.24) is 9.97 Å². The molecular weight excluding hydrogens is 318 g/mol. The van der Waals surface area contributed by atoms with Gasteiger partial charge in [-0.1, -0.05) is 27.5 Å². The maximum atomic E-state index is 11.9. The molecule has 0 aliphatic rings. The van der Waals surface area contributed by atoms with Crippen LogP contribution in [0.4, 0.5) is 5.69 Å². The number of carbonyl (C=O) groups is 1. The highest BCUT2D eigenvalue weighted by Gasteiger charge is 2.10. The van der Waals surface area contributed by atoms with E-state index < -0.39 is 0 Å². The standard InChI is InChI=1S/C12H9BrClN3O/c1-7-5-16-11(6-15-7)12(18)17-10-3-2-8(13)4-9(10)14/h2-6H,1H3,(H,17,18). The molecular formula is C12H9BrClN3O. The third-order valence-electron chi connectivity index (χ3n) is 2.19. The summed E-state index contributed by atoms with van der Waals surface area (Å²) in [4.78, 5) is 19.9. The van der Waals surface area contributed by atoms with Crippen LogP contribution in [0.15, 0.2) is 35.1 Å². The molecule has 1 aromatic carbocycles. The Hall–Kier alpha value is -1.46. The van der Waals surface area contributed by atoms with Crippen LogP contribution in [0.2, 0.25) is 5.02 Å². The zero-order chi connectivity index (χ0) is 13.1. The second kappa shape index (κ2) is 5.46. The van der Waals surface area contributed by atoms with Gasteiger partial charge in [0.25, 0.3) is 5.91 Å². The van der Waals surface area contributed by atoms with Crippen LogP contribution in [0.3, 0.4) is 0 Å². The van der Waals surface area contributed by atoms with Gasteiger partial charge in [-0.3, -0.25) is 9.78 Å². The van der Waals surface area contributed by atoms with Gasteiger partial charge in [-0.05, 0) is 25.1 Å². The van der Waals surface area contributed by atoms with Gasteiger partial charge in [0.2, 0.25) is 0 Å². The quantitative estimate of drug-likeness (QED) is 0.919. The van der Waals surface area contributed by atoms with Crippen LogP contribution >= 0.6 is 27.5 Å². The highest BCUT2D eigenvalue weighted by Crippen LogP contribution is 2.25. The van der Waals surface area contributed by atoms with Gasteiger partial charge in [0.05, 0.1) is 22.6 Å². The number of halogens is 2. The van der Waals surface area contributed by atoms with Crippen LogP contribution < -0.4 is 5.32 Å². The number of amides is 1. The number of carbonyl (C=O) groups excluding carboxylic acids is 1.